The fourth-order valence-corrected chi connectivity index (χ4v) is 6.72. The quantitative estimate of drug-likeness (QED) is 0.727. The maximum absolute atomic E-state index is 13.3. The van der Waals surface area contributed by atoms with Gasteiger partial charge in [-0.05, 0) is 81.4 Å². The summed E-state index contributed by atoms with van der Waals surface area (Å²) in [5.41, 5.74) is 1.07. The molecule has 4 aliphatic rings. The first-order valence-electron chi connectivity index (χ1n) is 11.9. The number of aromatic nitrogens is 1. The summed E-state index contributed by atoms with van der Waals surface area (Å²) in [6.07, 6.45) is 6.77. The van der Waals surface area contributed by atoms with Gasteiger partial charge in [0.2, 0.25) is 11.8 Å². The van der Waals surface area contributed by atoms with Gasteiger partial charge in [0.15, 0.2) is 0 Å². The van der Waals surface area contributed by atoms with Crippen LogP contribution in [0.5, 0.6) is 0 Å². The van der Waals surface area contributed by atoms with Crippen LogP contribution >= 0.6 is 0 Å². The van der Waals surface area contributed by atoms with E-state index in [0.29, 0.717) is 24.3 Å². The van der Waals surface area contributed by atoms with Crippen molar-refractivity contribution in [1.82, 2.24) is 15.6 Å². The maximum atomic E-state index is 13.3. The first kappa shape index (κ1) is 21.2. The molecular weight excluding hydrogens is 398 g/mol. The van der Waals surface area contributed by atoms with Crippen LogP contribution in [-0.4, -0.2) is 22.8 Å². The Hall–Kier alpha value is -2.69. The van der Waals surface area contributed by atoms with Crippen molar-refractivity contribution in [1.29, 1.82) is 0 Å². The van der Waals surface area contributed by atoms with Gasteiger partial charge < -0.3 is 10.6 Å². The lowest BCUT2D eigenvalue weighted by atomic mass is 9.47. The van der Waals surface area contributed by atoms with E-state index < -0.39 is 5.41 Å². The number of carbonyl (C=O) groups excluding carboxylic acids is 2. The summed E-state index contributed by atoms with van der Waals surface area (Å²) in [5.74, 6) is 1.64. The smallest absolute Gasteiger partial charge is 0.230 e. The zero-order chi connectivity index (χ0) is 22.3. The van der Waals surface area contributed by atoms with E-state index in [1.807, 2.05) is 62.4 Å². The van der Waals surface area contributed by atoms with E-state index in [1.165, 1.54) is 0 Å². The molecule has 4 fully saturated rings. The average molecular weight is 432 g/mol. The van der Waals surface area contributed by atoms with E-state index in [4.69, 9.17) is 0 Å². The lowest BCUT2D eigenvalue weighted by Gasteiger charge is -2.59. The second kappa shape index (κ2) is 8.02. The van der Waals surface area contributed by atoms with Gasteiger partial charge in [0, 0.05) is 12.2 Å². The zero-order valence-electron chi connectivity index (χ0n) is 19.0. The summed E-state index contributed by atoms with van der Waals surface area (Å²) in [6.45, 7) is 4.48. The number of hydrogen-bond donors (Lipinski definition) is 2. The second-order valence-corrected chi connectivity index (χ2v) is 10.7. The highest BCUT2D eigenvalue weighted by Crippen LogP contribution is 2.60. The van der Waals surface area contributed by atoms with Crippen LogP contribution in [0.1, 0.15) is 57.2 Å². The molecule has 0 radical (unpaired) electrons. The molecule has 4 aliphatic carbocycles. The topological polar surface area (TPSA) is 71.1 Å². The Morgan fingerprint density at radius 1 is 1.00 bits per heavy atom. The van der Waals surface area contributed by atoms with E-state index in [0.717, 1.165) is 43.4 Å². The molecule has 1 heterocycles. The van der Waals surface area contributed by atoms with Crippen molar-refractivity contribution in [3.05, 3.63) is 66.0 Å². The SMILES string of the molecule is CC(C)(C(=O)NC1[C@@H]2CC3C[C@H]1CC(C(=O)NCc1ccccn1)(C3)C2)c1ccccc1. The molecule has 0 aliphatic heterocycles. The van der Waals surface area contributed by atoms with Gasteiger partial charge in [0.05, 0.1) is 23.1 Å². The first-order chi connectivity index (χ1) is 15.4. The number of pyridine rings is 1. The molecule has 0 saturated heterocycles. The molecule has 4 bridgehead atoms. The molecule has 5 atom stereocenters. The summed E-state index contributed by atoms with van der Waals surface area (Å²) >= 11 is 0. The van der Waals surface area contributed by atoms with Gasteiger partial charge in [-0.25, -0.2) is 0 Å². The molecule has 5 nitrogen and oxygen atoms in total. The van der Waals surface area contributed by atoms with Crippen molar-refractivity contribution < 1.29 is 9.59 Å². The standard InChI is InChI=1S/C27H33N3O2/c1-26(2,21-8-4-3-5-9-21)24(31)30-23-19-12-18-13-20(23)16-27(14-18,15-19)25(32)29-17-22-10-6-7-11-28-22/h3-11,18-20,23H,12-17H2,1-2H3,(H,29,32)(H,30,31)/t18?,19-,20+,23?,27?. The van der Waals surface area contributed by atoms with Gasteiger partial charge in [-0.15, -0.1) is 0 Å². The molecule has 2 amide bonds. The average Bonchev–Trinajstić information content (AvgIpc) is 2.80. The Kier molecular flexibility index (Phi) is 5.31. The van der Waals surface area contributed by atoms with Crippen LogP contribution in [0, 0.1) is 23.2 Å². The Bertz CT molecular complexity index is 972. The molecule has 2 N–H and O–H groups in total. The molecule has 0 spiro atoms. The molecule has 1 aromatic carbocycles. The highest BCUT2D eigenvalue weighted by Gasteiger charge is 2.58. The Morgan fingerprint density at radius 2 is 1.69 bits per heavy atom. The van der Waals surface area contributed by atoms with Crippen LogP contribution in [0.25, 0.3) is 0 Å². The molecule has 5 heteroatoms. The third-order valence-electron chi connectivity index (χ3n) is 8.27. The Balaban J connectivity index is 1.27. The van der Waals surface area contributed by atoms with Crippen molar-refractivity contribution in [2.45, 2.75) is 64.0 Å². The van der Waals surface area contributed by atoms with Gasteiger partial charge in [0.25, 0.3) is 0 Å². The van der Waals surface area contributed by atoms with Crippen molar-refractivity contribution in [2.24, 2.45) is 23.2 Å². The van der Waals surface area contributed by atoms with E-state index in [2.05, 4.69) is 15.6 Å². The van der Waals surface area contributed by atoms with Gasteiger partial charge in [-0.1, -0.05) is 36.4 Å². The Morgan fingerprint density at radius 3 is 2.34 bits per heavy atom. The summed E-state index contributed by atoms with van der Waals surface area (Å²) in [5, 5.41) is 6.60. The van der Waals surface area contributed by atoms with E-state index >= 15 is 0 Å². The van der Waals surface area contributed by atoms with Crippen LogP contribution in [0.3, 0.4) is 0 Å². The van der Waals surface area contributed by atoms with E-state index in [-0.39, 0.29) is 23.3 Å². The number of nitrogens with zero attached hydrogens (tertiary/aromatic N) is 1. The Labute approximate surface area is 190 Å². The fourth-order valence-electron chi connectivity index (χ4n) is 6.72. The lowest BCUT2D eigenvalue weighted by molar-refractivity contribution is -0.151. The minimum absolute atomic E-state index is 0.0924. The van der Waals surface area contributed by atoms with Crippen LogP contribution in [0.2, 0.25) is 0 Å². The van der Waals surface area contributed by atoms with Gasteiger partial charge in [0.1, 0.15) is 0 Å². The van der Waals surface area contributed by atoms with Crippen molar-refractivity contribution in [3.8, 4) is 0 Å². The largest absolute Gasteiger partial charge is 0.352 e. The molecular formula is C27H33N3O2. The number of benzene rings is 1. The van der Waals surface area contributed by atoms with Crippen LogP contribution in [0.4, 0.5) is 0 Å². The van der Waals surface area contributed by atoms with Crippen molar-refractivity contribution >= 4 is 11.8 Å². The fraction of sp³-hybridized carbons (Fsp3) is 0.519. The van der Waals surface area contributed by atoms with Crippen LogP contribution in [0.15, 0.2) is 54.7 Å². The van der Waals surface area contributed by atoms with Gasteiger partial charge in [-0.2, -0.15) is 0 Å². The van der Waals surface area contributed by atoms with Crippen molar-refractivity contribution in [3.63, 3.8) is 0 Å². The minimum atomic E-state index is -0.576. The molecule has 168 valence electrons. The second-order valence-electron chi connectivity index (χ2n) is 10.7. The van der Waals surface area contributed by atoms with E-state index in [9.17, 15) is 9.59 Å². The molecule has 4 saturated carbocycles. The van der Waals surface area contributed by atoms with Gasteiger partial charge >= 0.3 is 0 Å². The van der Waals surface area contributed by atoms with Crippen LogP contribution < -0.4 is 10.6 Å². The number of rotatable bonds is 6. The summed E-state index contributed by atoms with van der Waals surface area (Å²) < 4.78 is 0. The predicted octanol–water partition coefficient (Wildman–Crippen LogP) is 3.99. The molecule has 1 aromatic heterocycles. The van der Waals surface area contributed by atoms with Crippen molar-refractivity contribution in [2.75, 3.05) is 0 Å². The third-order valence-corrected chi connectivity index (χ3v) is 8.27. The minimum Gasteiger partial charge on any atom is -0.352 e. The maximum Gasteiger partial charge on any atom is 0.230 e. The molecule has 2 aromatic rings. The highest BCUT2D eigenvalue weighted by molar-refractivity contribution is 5.88. The number of hydrogen-bond acceptors (Lipinski definition) is 3. The monoisotopic (exact) mass is 431 g/mol. The summed E-state index contributed by atoms with van der Waals surface area (Å²) in [6, 6.07) is 16.0. The van der Waals surface area contributed by atoms with E-state index in [1.54, 1.807) is 6.20 Å². The molecule has 32 heavy (non-hydrogen) atoms. The number of amides is 2. The summed E-state index contributed by atoms with van der Waals surface area (Å²) in [4.78, 5) is 31.0. The third kappa shape index (κ3) is 3.72. The molecule has 3 unspecified atom stereocenters. The highest BCUT2D eigenvalue weighted by atomic mass is 16.2. The predicted molar refractivity (Wildman–Crippen MR) is 123 cm³/mol. The number of carbonyl (C=O) groups is 2. The summed E-state index contributed by atoms with van der Waals surface area (Å²) in [7, 11) is 0. The van der Waals surface area contributed by atoms with Gasteiger partial charge in [-0.3, -0.25) is 14.6 Å². The van der Waals surface area contributed by atoms with Crippen LogP contribution in [-0.2, 0) is 21.5 Å². The number of nitrogens with one attached hydrogen (secondary N) is 2. The first-order valence-corrected chi connectivity index (χ1v) is 11.9. The zero-order valence-corrected chi connectivity index (χ0v) is 19.0. The lowest BCUT2D eigenvalue weighted by Crippen LogP contribution is -2.63. The normalized spacial score (nSPS) is 30.7. The molecule has 6 rings (SSSR count).